The van der Waals surface area contributed by atoms with E-state index in [4.69, 9.17) is 9.47 Å². The number of nitrogens with one attached hydrogen (secondary N) is 2. The molecule has 1 amide bonds. The molecule has 0 saturated carbocycles. The molecule has 1 heterocycles. The maximum absolute atomic E-state index is 14.9. The number of alkyl halides is 1. The number of likely N-dealkylation sites (N-methyl/N-ethyl adjacent to an activating group) is 1. The second-order valence-corrected chi connectivity index (χ2v) is 5.77. The number of hydroxylamine groups is 1. The highest BCUT2D eigenvalue weighted by Crippen LogP contribution is 2.33. The number of hydrogen-bond donors (Lipinski definition) is 2. The average Bonchev–Trinajstić information content (AvgIpc) is 2.78. The lowest BCUT2D eigenvalue weighted by Crippen LogP contribution is -2.36. The summed E-state index contributed by atoms with van der Waals surface area (Å²) in [5.41, 5.74) is 2.58. The summed E-state index contributed by atoms with van der Waals surface area (Å²) in [5.74, 6) is -1.70. The smallest absolute Gasteiger partial charge is 0.263 e. The SMILES string of the molecule is CNC(=O)C(NOCF)c1ccccc1Oc1ncnc(Oc2ccccc2)c1F. The van der Waals surface area contributed by atoms with Crippen LogP contribution in [0.4, 0.5) is 8.78 Å². The highest BCUT2D eigenvalue weighted by atomic mass is 19.1. The molecule has 2 N–H and O–H groups in total. The van der Waals surface area contributed by atoms with E-state index in [0.29, 0.717) is 5.75 Å². The number of amides is 1. The van der Waals surface area contributed by atoms with Crippen molar-refractivity contribution in [3.63, 3.8) is 0 Å². The van der Waals surface area contributed by atoms with Crippen LogP contribution in [0, 0.1) is 5.82 Å². The molecule has 3 aromatic rings. The molecule has 0 aliphatic carbocycles. The topological polar surface area (TPSA) is 94.6 Å². The minimum Gasteiger partial charge on any atom is -0.436 e. The molecule has 2 aromatic carbocycles. The molecule has 0 fully saturated rings. The molecule has 1 unspecified atom stereocenters. The Morgan fingerprint density at radius 1 is 1.03 bits per heavy atom. The molecule has 30 heavy (non-hydrogen) atoms. The fourth-order valence-corrected chi connectivity index (χ4v) is 2.51. The second kappa shape index (κ2) is 10.2. The molecule has 0 spiro atoms. The van der Waals surface area contributed by atoms with Gasteiger partial charge in [-0.2, -0.15) is 19.8 Å². The van der Waals surface area contributed by atoms with Crippen LogP contribution in [0.5, 0.6) is 23.3 Å². The van der Waals surface area contributed by atoms with Crippen molar-refractivity contribution in [2.45, 2.75) is 6.04 Å². The summed E-state index contributed by atoms with van der Waals surface area (Å²) in [6.07, 6.45) is 1.08. The number of aromatic nitrogens is 2. The Morgan fingerprint density at radius 3 is 2.40 bits per heavy atom. The minimum atomic E-state index is -1.16. The number of rotatable bonds is 9. The van der Waals surface area contributed by atoms with Gasteiger partial charge in [-0.25, -0.2) is 4.39 Å². The number of para-hydroxylation sites is 2. The first-order valence-electron chi connectivity index (χ1n) is 8.79. The molecule has 0 aliphatic heterocycles. The number of ether oxygens (including phenoxy) is 2. The quantitative estimate of drug-likeness (QED) is 0.516. The molecule has 3 rings (SSSR count). The van der Waals surface area contributed by atoms with Gasteiger partial charge in [-0.15, -0.1) is 0 Å². The molecule has 1 atom stereocenters. The van der Waals surface area contributed by atoms with Crippen molar-refractivity contribution in [3.05, 3.63) is 72.3 Å². The summed E-state index contributed by atoms with van der Waals surface area (Å²) in [5, 5.41) is 2.43. The van der Waals surface area contributed by atoms with E-state index in [2.05, 4.69) is 25.6 Å². The highest BCUT2D eigenvalue weighted by Gasteiger charge is 2.25. The third-order valence-corrected chi connectivity index (χ3v) is 3.88. The normalized spacial score (nSPS) is 11.6. The van der Waals surface area contributed by atoms with Crippen molar-refractivity contribution >= 4 is 5.91 Å². The minimum absolute atomic E-state index is 0.101. The van der Waals surface area contributed by atoms with Gasteiger partial charge in [0.05, 0.1) is 0 Å². The van der Waals surface area contributed by atoms with Gasteiger partial charge >= 0.3 is 0 Å². The molecule has 0 aliphatic rings. The molecule has 0 bridgehead atoms. The Balaban J connectivity index is 1.90. The van der Waals surface area contributed by atoms with Gasteiger partial charge < -0.3 is 14.8 Å². The fraction of sp³-hybridized carbons (Fsp3) is 0.150. The second-order valence-electron chi connectivity index (χ2n) is 5.77. The predicted molar refractivity (Wildman–Crippen MR) is 102 cm³/mol. The largest absolute Gasteiger partial charge is 0.436 e. The maximum atomic E-state index is 14.9. The lowest BCUT2D eigenvalue weighted by molar-refractivity contribution is -0.129. The monoisotopic (exact) mass is 416 g/mol. The van der Waals surface area contributed by atoms with Gasteiger partial charge in [-0.05, 0) is 18.2 Å². The summed E-state index contributed by atoms with van der Waals surface area (Å²) in [7, 11) is 1.41. The van der Waals surface area contributed by atoms with E-state index in [1.807, 2.05) is 0 Å². The van der Waals surface area contributed by atoms with Crippen LogP contribution in [0.2, 0.25) is 0 Å². The number of carbonyl (C=O) groups is 1. The molecule has 10 heteroatoms. The van der Waals surface area contributed by atoms with Gasteiger partial charge in [-0.1, -0.05) is 36.4 Å². The standard InChI is InChI=1S/C20H18F2N4O4/c1-23-18(27)17(26-28-11-21)14-9-5-6-10-15(14)30-20-16(22)19(24-12-25-20)29-13-7-3-2-4-8-13/h2-10,12,17,26H,11H2,1H3,(H,23,27). The summed E-state index contributed by atoms with van der Waals surface area (Å²) in [6, 6.07) is 13.7. The van der Waals surface area contributed by atoms with Crippen molar-refractivity contribution in [2.75, 3.05) is 13.9 Å². The van der Waals surface area contributed by atoms with Crippen LogP contribution in [0.25, 0.3) is 0 Å². The maximum Gasteiger partial charge on any atom is 0.263 e. The van der Waals surface area contributed by atoms with E-state index in [1.54, 1.807) is 48.5 Å². The van der Waals surface area contributed by atoms with Crippen molar-refractivity contribution in [3.8, 4) is 23.3 Å². The molecule has 8 nitrogen and oxygen atoms in total. The Hall–Kier alpha value is -3.63. The van der Waals surface area contributed by atoms with Crippen LogP contribution in [0.3, 0.4) is 0 Å². The van der Waals surface area contributed by atoms with Crippen molar-refractivity contribution in [1.29, 1.82) is 0 Å². The van der Waals surface area contributed by atoms with Gasteiger partial charge in [0.1, 0.15) is 23.9 Å². The van der Waals surface area contributed by atoms with E-state index in [9.17, 15) is 13.6 Å². The zero-order valence-corrected chi connectivity index (χ0v) is 15.8. The van der Waals surface area contributed by atoms with Crippen molar-refractivity contribution in [2.24, 2.45) is 0 Å². The van der Waals surface area contributed by atoms with Crippen LogP contribution >= 0.6 is 0 Å². The van der Waals surface area contributed by atoms with Crippen molar-refractivity contribution in [1.82, 2.24) is 20.8 Å². The summed E-state index contributed by atoms with van der Waals surface area (Å²) in [6.45, 7) is -1.16. The van der Waals surface area contributed by atoms with E-state index >= 15 is 0 Å². The fourth-order valence-electron chi connectivity index (χ4n) is 2.51. The van der Waals surface area contributed by atoms with Crippen LogP contribution in [0.1, 0.15) is 11.6 Å². The third kappa shape index (κ3) is 5.04. The first kappa shape index (κ1) is 21.1. The zero-order chi connectivity index (χ0) is 21.3. The third-order valence-electron chi connectivity index (χ3n) is 3.88. The van der Waals surface area contributed by atoms with Gasteiger partial charge in [0, 0.05) is 12.6 Å². The first-order chi connectivity index (χ1) is 14.6. The lowest BCUT2D eigenvalue weighted by atomic mass is 10.1. The molecule has 1 aromatic heterocycles. The van der Waals surface area contributed by atoms with Crippen LogP contribution in [-0.2, 0) is 9.63 Å². The number of benzene rings is 2. The zero-order valence-electron chi connectivity index (χ0n) is 15.8. The molecule has 0 saturated heterocycles. The Morgan fingerprint density at radius 2 is 1.70 bits per heavy atom. The Labute approximate surface area is 170 Å². The molecular weight excluding hydrogens is 398 g/mol. The molecular formula is C20H18F2N4O4. The molecule has 156 valence electrons. The van der Waals surface area contributed by atoms with Gasteiger partial charge in [0.2, 0.25) is 18.6 Å². The Bertz CT molecular complexity index is 992. The summed E-state index contributed by atoms with van der Waals surface area (Å²) >= 11 is 0. The van der Waals surface area contributed by atoms with E-state index < -0.39 is 30.5 Å². The number of nitrogens with zero attached hydrogens (tertiary/aromatic N) is 2. The highest BCUT2D eigenvalue weighted by molar-refractivity contribution is 5.83. The van der Waals surface area contributed by atoms with Crippen LogP contribution in [-0.4, -0.2) is 29.8 Å². The van der Waals surface area contributed by atoms with Gasteiger partial charge in [0.25, 0.3) is 11.8 Å². The number of carbonyl (C=O) groups excluding carboxylic acids is 1. The number of halogens is 2. The van der Waals surface area contributed by atoms with Crippen LogP contribution in [0.15, 0.2) is 60.9 Å². The van der Waals surface area contributed by atoms with E-state index in [1.165, 1.54) is 13.1 Å². The summed E-state index contributed by atoms with van der Waals surface area (Å²) in [4.78, 5) is 24.3. The van der Waals surface area contributed by atoms with E-state index in [-0.39, 0.29) is 17.2 Å². The van der Waals surface area contributed by atoms with Crippen molar-refractivity contribution < 1.29 is 27.9 Å². The lowest BCUT2D eigenvalue weighted by Gasteiger charge is -2.19. The Kier molecular flexibility index (Phi) is 7.19. The summed E-state index contributed by atoms with van der Waals surface area (Å²) < 4.78 is 38.3. The van der Waals surface area contributed by atoms with Crippen LogP contribution < -0.4 is 20.3 Å². The first-order valence-corrected chi connectivity index (χ1v) is 8.79. The van der Waals surface area contributed by atoms with E-state index in [0.717, 1.165) is 6.33 Å². The molecule has 0 radical (unpaired) electrons. The van der Waals surface area contributed by atoms with Gasteiger partial charge in [0.15, 0.2) is 0 Å². The van der Waals surface area contributed by atoms with Gasteiger partial charge in [-0.3, -0.25) is 9.63 Å². The predicted octanol–water partition coefficient (Wildman–Crippen LogP) is 3.44. The average molecular weight is 416 g/mol. The number of hydrogen-bond acceptors (Lipinski definition) is 7.